The molecule has 0 amide bonds. The zero-order valence-electron chi connectivity index (χ0n) is 10.1. The predicted molar refractivity (Wildman–Crippen MR) is 64.2 cm³/mol. The lowest BCUT2D eigenvalue weighted by Crippen LogP contribution is -2.21. The maximum atomic E-state index is 9.44. The van der Waals surface area contributed by atoms with Gasteiger partial charge in [-0.25, -0.2) is 0 Å². The van der Waals surface area contributed by atoms with Gasteiger partial charge in [0.25, 0.3) is 0 Å². The topological polar surface area (TPSA) is 36.4 Å². The number of likely N-dealkylation sites (tertiary alicyclic amines) is 1. The predicted octanol–water partition coefficient (Wildman–Crippen LogP) is 1.77. The number of aliphatic hydroxyl groups is 1. The molecular weight excluding hydrogens is 200 g/mol. The minimum absolute atomic E-state index is 0.136. The molecule has 16 heavy (non-hydrogen) atoms. The van der Waals surface area contributed by atoms with Gasteiger partial charge in [-0.05, 0) is 24.0 Å². The number of β-amino-alcohol motifs (C(OH)–C–C–N with tert-alkyl or cyclic N) is 1. The number of aromatic nitrogens is 1. The first-order valence-electron chi connectivity index (χ1n) is 6.00. The highest BCUT2D eigenvalue weighted by Gasteiger charge is 2.19. The van der Waals surface area contributed by atoms with Gasteiger partial charge in [0.1, 0.15) is 0 Å². The maximum absolute atomic E-state index is 9.44. The Morgan fingerprint density at radius 2 is 2.31 bits per heavy atom. The Morgan fingerprint density at radius 3 is 2.81 bits per heavy atom. The second-order valence-electron chi connectivity index (χ2n) is 4.92. The third-order valence-electron chi connectivity index (χ3n) is 3.09. The molecule has 2 rings (SSSR count). The summed E-state index contributed by atoms with van der Waals surface area (Å²) in [5, 5.41) is 9.44. The Kier molecular flexibility index (Phi) is 3.56. The van der Waals surface area contributed by atoms with Gasteiger partial charge in [-0.3, -0.25) is 9.88 Å². The van der Waals surface area contributed by atoms with E-state index in [1.807, 2.05) is 6.20 Å². The van der Waals surface area contributed by atoms with Crippen LogP contribution in [0.1, 0.15) is 37.4 Å². The quantitative estimate of drug-likeness (QED) is 0.843. The van der Waals surface area contributed by atoms with Crippen LogP contribution >= 0.6 is 0 Å². The highest BCUT2D eigenvalue weighted by molar-refractivity contribution is 5.16. The molecule has 1 aromatic heterocycles. The van der Waals surface area contributed by atoms with Crippen LogP contribution in [-0.2, 0) is 6.54 Å². The SMILES string of the molecule is CC(C)c1ccc(CN2CCC(O)C2)cn1. The average molecular weight is 220 g/mol. The number of rotatable bonds is 3. The molecule has 1 N–H and O–H groups in total. The molecule has 0 spiro atoms. The van der Waals surface area contributed by atoms with Crippen LogP contribution in [-0.4, -0.2) is 34.2 Å². The normalized spacial score (nSPS) is 21.9. The van der Waals surface area contributed by atoms with E-state index in [0.29, 0.717) is 5.92 Å². The van der Waals surface area contributed by atoms with Crippen molar-refractivity contribution < 1.29 is 5.11 Å². The molecule has 3 heteroatoms. The van der Waals surface area contributed by atoms with Crippen LogP contribution in [0, 0.1) is 0 Å². The van der Waals surface area contributed by atoms with Crippen LogP contribution in [0.25, 0.3) is 0 Å². The smallest absolute Gasteiger partial charge is 0.0679 e. The average Bonchev–Trinajstić information content (AvgIpc) is 2.65. The van der Waals surface area contributed by atoms with Crippen molar-refractivity contribution >= 4 is 0 Å². The van der Waals surface area contributed by atoms with E-state index in [1.165, 1.54) is 5.56 Å². The second kappa shape index (κ2) is 4.93. The van der Waals surface area contributed by atoms with E-state index >= 15 is 0 Å². The molecule has 1 saturated heterocycles. The van der Waals surface area contributed by atoms with E-state index in [0.717, 1.165) is 31.7 Å². The highest BCUT2D eigenvalue weighted by Crippen LogP contribution is 2.15. The van der Waals surface area contributed by atoms with Crippen molar-refractivity contribution in [1.29, 1.82) is 0 Å². The lowest BCUT2D eigenvalue weighted by atomic mass is 10.1. The fourth-order valence-corrected chi connectivity index (χ4v) is 2.09. The van der Waals surface area contributed by atoms with E-state index < -0.39 is 0 Å². The van der Waals surface area contributed by atoms with Crippen molar-refractivity contribution in [3.05, 3.63) is 29.6 Å². The van der Waals surface area contributed by atoms with Crippen LogP contribution in [0.3, 0.4) is 0 Å². The standard InChI is InChI=1S/C13H20N2O/c1-10(2)13-4-3-11(7-14-13)8-15-6-5-12(16)9-15/h3-4,7,10,12,16H,5-6,8-9H2,1-2H3. The molecular formula is C13H20N2O. The number of hydrogen-bond acceptors (Lipinski definition) is 3. The lowest BCUT2D eigenvalue weighted by molar-refractivity contribution is 0.174. The molecule has 1 fully saturated rings. The minimum atomic E-state index is -0.136. The molecule has 1 aromatic rings. The number of aliphatic hydroxyl groups excluding tert-OH is 1. The molecule has 1 aliphatic heterocycles. The fourth-order valence-electron chi connectivity index (χ4n) is 2.09. The van der Waals surface area contributed by atoms with Crippen LogP contribution in [0.2, 0.25) is 0 Å². The van der Waals surface area contributed by atoms with E-state index in [4.69, 9.17) is 0 Å². The van der Waals surface area contributed by atoms with Crippen molar-refractivity contribution in [1.82, 2.24) is 9.88 Å². The fraction of sp³-hybridized carbons (Fsp3) is 0.615. The van der Waals surface area contributed by atoms with Crippen LogP contribution in [0.4, 0.5) is 0 Å². The molecule has 0 aromatic carbocycles. The van der Waals surface area contributed by atoms with Crippen LogP contribution in [0.5, 0.6) is 0 Å². The zero-order chi connectivity index (χ0) is 11.5. The molecule has 88 valence electrons. The van der Waals surface area contributed by atoms with E-state index in [1.54, 1.807) is 0 Å². The van der Waals surface area contributed by atoms with Crippen molar-refractivity contribution in [2.45, 2.75) is 38.8 Å². The highest BCUT2D eigenvalue weighted by atomic mass is 16.3. The Labute approximate surface area is 97.1 Å². The summed E-state index contributed by atoms with van der Waals surface area (Å²) in [7, 11) is 0. The third-order valence-corrected chi connectivity index (χ3v) is 3.09. The Morgan fingerprint density at radius 1 is 1.50 bits per heavy atom. The second-order valence-corrected chi connectivity index (χ2v) is 4.92. The van der Waals surface area contributed by atoms with E-state index in [2.05, 4.69) is 35.9 Å². The largest absolute Gasteiger partial charge is 0.392 e. The van der Waals surface area contributed by atoms with Gasteiger partial charge >= 0.3 is 0 Å². The molecule has 1 unspecified atom stereocenters. The van der Waals surface area contributed by atoms with Crippen molar-refractivity contribution in [3.8, 4) is 0 Å². The van der Waals surface area contributed by atoms with Gasteiger partial charge < -0.3 is 5.11 Å². The summed E-state index contributed by atoms with van der Waals surface area (Å²) in [5.41, 5.74) is 2.38. The Balaban J connectivity index is 1.95. The van der Waals surface area contributed by atoms with Crippen LogP contribution in [0.15, 0.2) is 18.3 Å². The van der Waals surface area contributed by atoms with Crippen molar-refractivity contribution in [2.24, 2.45) is 0 Å². The summed E-state index contributed by atoms with van der Waals surface area (Å²) in [5.74, 6) is 0.489. The Bertz CT molecular complexity index is 334. The van der Waals surface area contributed by atoms with E-state index in [-0.39, 0.29) is 6.10 Å². The summed E-state index contributed by atoms with van der Waals surface area (Å²) in [4.78, 5) is 6.72. The molecule has 1 aliphatic rings. The summed E-state index contributed by atoms with van der Waals surface area (Å²) in [6, 6.07) is 4.25. The van der Waals surface area contributed by atoms with E-state index in [9.17, 15) is 5.11 Å². The minimum Gasteiger partial charge on any atom is -0.392 e. The van der Waals surface area contributed by atoms with Gasteiger partial charge in [0.2, 0.25) is 0 Å². The first-order chi connectivity index (χ1) is 7.65. The third kappa shape index (κ3) is 2.80. The molecule has 0 saturated carbocycles. The summed E-state index contributed by atoms with van der Waals surface area (Å²) >= 11 is 0. The number of pyridine rings is 1. The van der Waals surface area contributed by atoms with Gasteiger partial charge in [0.15, 0.2) is 0 Å². The first-order valence-corrected chi connectivity index (χ1v) is 6.00. The molecule has 1 atom stereocenters. The van der Waals surface area contributed by atoms with Gasteiger partial charge in [0, 0.05) is 31.5 Å². The molecule has 3 nitrogen and oxygen atoms in total. The van der Waals surface area contributed by atoms with Gasteiger partial charge in [0.05, 0.1) is 6.10 Å². The molecule has 0 aliphatic carbocycles. The van der Waals surface area contributed by atoms with Gasteiger partial charge in [-0.2, -0.15) is 0 Å². The zero-order valence-corrected chi connectivity index (χ0v) is 10.1. The van der Waals surface area contributed by atoms with Gasteiger partial charge in [-0.15, -0.1) is 0 Å². The molecule has 2 heterocycles. The first kappa shape index (κ1) is 11.6. The van der Waals surface area contributed by atoms with Crippen molar-refractivity contribution in [2.75, 3.05) is 13.1 Å². The summed E-state index contributed by atoms with van der Waals surface area (Å²) in [6.07, 6.45) is 2.72. The number of hydrogen-bond donors (Lipinski definition) is 1. The lowest BCUT2D eigenvalue weighted by Gasteiger charge is -2.15. The summed E-state index contributed by atoms with van der Waals surface area (Å²) in [6.45, 7) is 7.00. The van der Waals surface area contributed by atoms with Crippen LogP contribution < -0.4 is 0 Å². The maximum Gasteiger partial charge on any atom is 0.0679 e. The van der Waals surface area contributed by atoms with Crippen molar-refractivity contribution in [3.63, 3.8) is 0 Å². The van der Waals surface area contributed by atoms with Gasteiger partial charge in [-0.1, -0.05) is 19.9 Å². The molecule has 0 bridgehead atoms. The molecule has 0 radical (unpaired) electrons. The number of nitrogens with zero attached hydrogens (tertiary/aromatic N) is 2. The Hall–Kier alpha value is -0.930. The monoisotopic (exact) mass is 220 g/mol. The summed E-state index contributed by atoms with van der Waals surface area (Å²) < 4.78 is 0.